The zero-order chi connectivity index (χ0) is 10.8. The van der Waals surface area contributed by atoms with Crippen LogP contribution in [0.1, 0.15) is 12.8 Å². The maximum atomic E-state index is 12.9. The Kier molecular flexibility index (Phi) is 2.68. The van der Waals surface area contributed by atoms with Crippen molar-refractivity contribution in [3.05, 3.63) is 29.9 Å². The fourth-order valence-corrected chi connectivity index (χ4v) is 1.42. The highest BCUT2D eigenvalue weighted by Crippen LogP contribution is 2.18. The van der Waals surface area contributed by atoms with E-state index in [9.17, 15) is 4.39 Å². The fourth-order valence-electron chi connectivity index (χ4n) is 1.42. The van der Waals surface area contributed by atoms with Crippen LogP contribution in [0, 0.1) is 11.7 Å². The van der Waals surface area contributed by atoms with Gasteiger partial charge in [0.1, 0.15) is 11.3 Å². The molecule has 0 saturated carbocycles. The molecule has 2 aromatic rings. The van der Waals surface area contributed by atoms with E-state index in [-0.39, 0.29) is 5.82 Å². The van der Waals surface area contributed by atoms with Gasteiger partial charge in [0.05, 0.1) is 0 Å². The molecule has 1 atom stereocenters. The molecule has 0 fully saturated rings. The van der Waals surface area contributed by atoms with Gasteiger partial charge in [-0.05, 0) is 24.6 Å². The third-order valence-electron chi connectivity index (χ3n) is 2.32. The molecule has 1 aromatic heterocycles. The number of fused-ring (bicyclic) bond motifs is 1. The average Bonchev–Trinajstić information content (AvgIpc) is 2.59. The van der Waals surface area contributed by atoms with Gasteiger partial charge in [0.2, 0.25) is 0 Å². The molecule has 80 valence electrons. The van der Waals surface area contributed by atoms with Gasteiger partial charge in [-0.25, -0.2) is 9.37 Å². The summed E-state index contributed by atoms with van der Waals surface area (Å²) in [5.41, 5.74) is 6.69. The highest BCUT2D eigenvalue weighted by molar-refractivity contribution is 5.72. The lowest BCUT2D eigenvalue weighted by atomic mass is 10.1. The van der Waals surface area contributed by atoms with E-state index in [1.807, 2.05) is 6.92 Å². The predicted molar refractivity (Wildman–Crippen MR) is 55.9 cm³/mol. The van der Waals surface area contributed by atoms with Crippen LogP contribution < -0.4 is 5.73 Å². The van der Waals surface area contributed by atoms with Crippen molar-refractivity contribution in [2.24, 2.45) is 11.7 Å². The van der Waals surface area contributed by atoms with Gasteiger partial charge in [-0.2, -0.15) is 0 Å². The van der Waals surface area contributed by atoms with E-state index >= 15 is 0 Å². The lowest BCUT2D eigenvalue weighted by molar-refractivity contribution is 0.468. The number of hydrogen-bond donors (Lipinski definition) is 1. The summed E-state index contributed by atoms with van der Waals surface area (Å²) >= 11 is 0. The van der Waals surface area contributed by atoms with Crippen molar-refractivity contribution in [2.45, 2.75) is 13.3 Å². The molecular formula is C11H13FN2O. The lowest BCUT2D eigenvalue weighted by Crippen LogP contribution is -2.13. The minimum absolute atomic E-state index is 0.297. The van der Waals surface area contributed by atoms with Gasteiger partial charge in [0.15, 0.2) is 11.5 Å². The average molecular weight is 208 g/mol. The third-order valence-corrected chi connectivity index (χ3v) is 2.32. The first-order valence-electron chi connectivity index (χ1n) is 4.94. The van der Waals surface area contributed by atoms with Crippen LogP contribution in [0.2, 0.25) is 0 Å². The minimum Gasteiger partial charge on any atom is -0.441 e. The Labute approximate surface area is 87.1 Å². The van der Waals surface area contributed by atoms with Crippen LogP contribution in [-0.2, 0) is 6.42 Å². The van der Waals surface area contributed by atoms with E-state index in [2.05, 4.69) is 4.98 Å². The van der Waals surface area contributed by atoms with Crippen molar-refractivity contribution in [3.63, 3.8) is 0 Å². The molecule has 0 bridgehead atoms. The Morgan fingerprint density at radius 3 is 3.07 bits per heavy atom. The molecule has 2 N–H and O–H groups in total. The summed E-state index contributed by atoms with van der Waals surface area (Å²) in [6, 6.07) is 4.33. The second-order valence-electron chi connectivity index (χ2n) is 3.76. The Bertz CT molecular complexity index is 467. The number of nitrogens with two attached hydrogens (primary N) is 1. The first-order valence-corrected chi connectivity index (χ1v) is 4.94. The molecule has 0 aliphatic heterocycles. The zero-order valence-electron chi connectivity index (χ0n) is 8.53. The largest absolute Gasteiger partial charge is 0.441 e. The number of nitrogens with zero attached hydrogens (tertiary/aromatic N) is 1. The molecule has 1 heterocycles. The summed E-state index contributed by atoms with van der Waals surface area (Å²) in [5.74, 6) is 0.644. The first kappa shape index (κ1) is 10.1. The van der Waals surface area contributed by atoms with Gasteiger partial charge in [-0.3, -0.25) is 0 Å². The van der Waals surface area contributed by atoms with Crippen molar-refractivity contribution < 1.29 is 8.81 Å². The van der Waals surface area contributed by atoms with E-state index in [0.29, 0.717) is 35.9 Å². The second kappa shape index (κ2) is 3.98. The van der Waals surface area contributed by atoms with Crippen LogP contribution >= 0.6 is 0 Å². The SMILES string of the molecule is CC(CN)Cc1nc2cc(F)ccc2o1. The first-order chi connectivity index (χ1) is 7.19. The third kappa shape index (κ3) is 2.15. The Morgan fingerprint density at radius 2 is 2.33 bits per heavy atom. The number of benzene rings is 1. The number of hydrogen-bond acceptors (Lipinski definition) is 3. The molecule has 0 aliphatic rings. The molecule has 4 heteroatoms. The van der Waals surface area contributed by atoms with Gasteiger partial charge in [0, 0.05) is 12.5 Å². The molecule has 15 heavy (non-hydrogen) atoms. The number of oxazole rings is 1. The number of rotatable bonds is 3. The van der Waals surface area contributed by atoms with Crippen molar-refractivity contribution in [3.8, 4) is 0 Å². The summed E-state index contributed by atoms with van der Waals surface area (Å²) in [5, 5.41) is 0. The highest BCUT2D eigenvalue weighted by Gasteiger charge is 2.09. The predicted octanol–water partition coefficient (Wildman–Crippen LogP) is 2.10. The van der Waals surface area contributed by atoms with Gasteiger partial charge in [-0.1, -0.05) is 6.92 Å². The van der Waals surface area contributed by atoms with E-state index in [1.54, 1.807) is 6.07 Å². The van der Waals surface area contributed by atoms with Gasteiger partial charge in [-0.15, -0.1) is 0 Å². The molecule has 0 spiro atoms. The highest BCUT2D eigenvalue weighted by atomic mass is 19.1. The molecule has 1 aromatic carbocycles. The minimum atomic E-state index is -0.297. The van der Waals surface area contributed by atoms with Crippen LogP contribution in [0.4, 0.5) is 4.39 Å². The topological polar surface area (TPSA) is 52.0 Å². The number of halogens is 1. The molecule has 2 rings (SSSR count). The van der Waals surface area contributed by atoms with Crippen molar-refractivity contribution in [2.75, 3.05) is 6.54 Å². The van der Waals surface area contributed by atoms with E-state index in [4.69, 9.17) is 10.2 Å². The molecule has 0 saturated heterocycles. The molecule has 0 amide bonds. The number of aromatic nitrogens is 1. The lowest BCUT2D eigenvalue weighted by Gasteiger charge is -2.02. The maximum Gasteiger partial charge on any atom is 0.195 e. The van der Waals surface area contributed by atoms with Crippen molar-refractivity contribution in [1.29, 1.82) is 0 Å². The summed E-state index contributed by atoms with van der Waals surface area (Å²) in [7, 11) is 0. The molecular weight excluding hydrogens is 195 g/mol. The molecule has 0 aliphatic carbocycles. The normalized spacial score (nSPS) is 13.3. The smallest absolute Gasteiger partial charge is 0.195 e. The summed E-state index contributed by atoms with van der Waals surface area (Å²) in [4.78, 5) is 4.20. The van der Waals surface area contributed by atoms with E-state index in [0.717, 1.165) is 0 Å². The summed E-state index contributed by atoms with van der Waals surface area (Å²) in [6.07, 6.45) is 0.687. The zero-order valence-corrected chi connectivity index (χ0v) is 8.53. The van der Waals surface area contributed by atoms with Gasteiger partial charge >= 0.3 is 0 Å². The fraction of sp³-hybridized carbons (Fsp3) is 0.364. The van der Waals surface area contributed by atoms with Crippen LogP contribution in [-0.4, -0.2) is 11.5 Å². The van der Waals surface area contributed by atoms with Crippen molar-refractivity contribution >= 4 is 11.1 Å². The van der Waals surface area contributed by atoms with E-state index < -0.39 is 0 Å². The van der Waals surface area contributed by atoms with Crippen LogP contribution in [0.25, 0.3) is 11.1 Å². The second-order valence-corrected chi connectivity index (χ2v) is 3.76. The summed E-state index contributed by atoms with van der Waals surface area (Å²) in [6.45, 7) is 2.61. The van der Waals surface area contributed by atoms with Crippen LogP contribution in [0.15, 0.2) is 22.6 Å². The Balaban J connectivity index is 2.30. The molecule has 3 nitrogen and oxygen atoms in total. The Hall–Kier alpha value is -1.42. The Morgan fingerprint density at radius 1 is 1.53 bits per heavy atom. The standard InChI is InChI=1S/C11H13FN2O/c1-7(6-13)4-11-14-9-5-8(12)2-3-10(9)15-11/h2-3,5,7H,4,6,13H2,1H3. The van der Waals surface area contributed by atoms with Crippen LogP contribution in [0.3, 0.4) is 0 Å². The quantitative estimate of drug-likeness (QED) is 0.840. The maximum absolute atomic E-state index is 12.9. The van der Waals surface area contributed by atoms with Gasteiger partial charge < -0.3 is 10.2 Å². The van der Waals surface area contributed by atoms with E-state index in [1.165, 1.54) is 12.1 Å². The van der Waals surface area contributed by atoms with Crippen LogP contribution in [0.5, 0.6) is 0 Å². The molecule has 0 radical (unpaired) electrons. The molecule has 1 unspecified atom stereocenters. The van der Waals surface area contributed by atoms with Crippen molar-refractivity contribution in [1.82, 2.24) is 4.98 Å². The monoisotopic (exact) mass is 208 g/mol. The summed E-state index contributed by atoms with van der Waals surface area (Å²) < 4.78 is 18.3. The van der Waals surface area contributed by atoms with Gasteiger partial charge in [0.25, 0.3) is 0 Å².